The molecule has 1 spiro atoms. The predicted octanol–water partition coefficient (Wildman–Crippen LogP) is 2.49. The van der Waals surface area contributed by atoms with Gasteiger partial charge in [-0.1, -0.05) is 40.9 Å². The van der Waals surface area contributed by atoms with Gasteiger partial charge in [-0.25, -0.2) is 4.79 Å². The molecule has 6 nitrogen and oxygen atoms in total. The minimum atomic E-state index is -0.769. The Morgan fingerprint density at radius 1 is 1.29 bits per heavy atom. The monoisotopic (exact) mass is 393 g/mol. The highest BCUT2D eigenvalue weighted by Crippen LogP contribution is 2.34. The van der Waals surface area contributed by atoms with Gasteiger partial charge in [0.05, 0.1) is 6.04 Å². The van der Waals surface area contributed by atoms with E-state index in [1.54, 1.807) is 0 Å². The van der Waals surface area contributed by atoms with Crippen molar-refractivity contribution in [1.82, 2.24) is 15.5 Å². The van der Waals surface area contributed by atoms with Gasteiger partial charge in [0.25, 0.3) is 5.91 Å². The predicted molar refractivity (Wildman–Crippen MR) is 92.1 cm³/mol. The van der Waals surface area contributed by atoms with Gasteiger partial charge in [0.1, 0.15) is 12.1 Å². The Labute approximate surface area is 149 Å². The van der Waals surface area contributed by atoms with Crippen molar-refractivity contribution in [3.05, 3.63) is 34.3 Å². The second-order valence-corrected chi connectivity index (χ2v) is 7.37. The van der Waals surface area contributed by atoms with Crippen LogP contribution in [0.15, 0.2) is 28.7 Å². The standard InChI is InChI=1S/C17H20BrN3O3/c1-11(12-4-6-13(18)7-5-12)19-14(22)10-21-15(23)17(20-16(21)24)8-2-3-9-17/h4-7,11H,2-3,8-10H2,1H3,(H,19,22)(H,20,24). The van der Waals surface area contributed by atoms with Crippen LogP contribution in [0.4, 0.5) is 4.79 Å². The maximum Gasteiger partial charge on any atom is 0.325 e. The zero-order valence-corrected chi connectivity index (χ0v) is 15.1. The third kappa shape index (κ3) is 3.17. The fourth-order valence-corrected chi connectivity index (χ4v) is 3.67. The summed E-state index contributed by atoms with van der Waals surface area (Å²) in [5, 5.41) is 5.61. The fourth-order valence-electron chi connectivity index (χ4n) is 3.40. The Hall–Kier alpha value is -1.89. The molecule has 0 radical (unpaired) electrons. The minimum Gasteiger partial charge on any atom is -0.348 e. The van der Waals surface area contributed by atoms with E-state index >= 15 is 0 Å². The molecule has 1 unspecified atom stereocenters. The summed E-state index contributed by atoms with van der Waals surface area (Å²) < 4.78 is 0.964. The van der Waals surface area contributed by atoms with E-state index in [-0.39, 0.29) is 24.4 Å². The van der Waals surface area contributed by atoms with Crippen molar-refractivity contribution in [3.63, 3.8) is 0 Å². The molecular formula is C17H20BrN3O3. The number of hydrogen-bond donors (Lipinski definition) is 2. The molecule has 1 saturated carbocycles. The van der Waals surface area contributed by atoms with E-state index < -0.39 is 11.6 Å². The van der Waals surface area contributed by atoms with Crippen LogP contribution in [0, 0.1) is 0 Å². The summed E-state index contributed by atoms with van der Waals surface area (Å²) in [6.07, 6.45) is 3.16. The number of halogens is 1. The van der Waals surface area contributed by atoms with Crippen LogP contribution in [0.2, 0.25) is 0 Å². The van der Waals surface area contributed by atoms with E-state index in [9.17, 15) is 14.4 Å². The second-order valence-electron chi connectivity index (χ2n) is 6.45. The normalized spacial score (nSPS) is 20.3. The zero-order valence-electron chi connectivity index (χ0n) is 13.5. The number of carbonyl (C=O) groups excluding carboxylic acids is 3. The van der Waals surface area contributed by atoms with Crippen LogP contribution in [0.5, 0.6) is 0 Å². The number of amides is 4. The highest BCUT2D eigenvalue weighted by atomic mass is 79.9. The summed E-state index contributed by atoms with van der Waals surface area (Å²) in [5.41, 5.74) is 0.185. The molecule has 24 heavy (non-hydrogen) atoms. The SMILES string of the molecule is CC(NC(=O)CN1C(=O)NC2(CCCC2)C1=O)c1ccc(Br)cc1. The van der Waals surface area contributed by atoms with E-state index in [4.69, 9.17) is 0 Å². The summed E-state index contributed by atoms with van der Waals surface area (Å²) in [5.74, 6) is -0.611. The smallest absolute Gasteiger partial charge is 0.325 e. The van der Waals surface area contributed by atoms with E-state index in [1.807, 2.05) is 31.2 Å². The first-order valence-corrected chi connectivity index (χ1v) is 8.89. The average molecular weight is 394 g/mol. The first-order valence-electron chi connectivity index (χ1n) is 8.10. The minimum absolute atomic E-state index is 0.202. The van der Waals surface area contributed by atoms with Gasteiger partial charge in [-0.05, 0) is 37.5 Å². The molecule has 0 bridgehead atoms. The number of nitrogens with one attached hydrogen (secondary N) is 2. The molecule has 0 aromatic heterocycles. The Balaban J connectivity index is 1.61. The molecule has 1 aliphatic heterocycles. The van der Waals surface area contributed by atoms with Crippen molar-refractivity contribution < 1.29 is 14.4 Å². The first kappa shape index (κ1) is 17.0. The Bertz CT molecular complexity index is 668. The summed E-state index contributed by atoms with van der Waals surface area (Å²) in [7, 11) is 0. The van der Waals surface area contributed by atoms with Crippen LogP contribution in [0.3, 0.4) is 0 Å². The molecule has 1 atom stereocenters. The van der Waals surface area contributed by atoms with Gasteiger partial charge in [-0.15, -0.1) is 0 Å². The van der Waals surface area contributed by atoms with Crippen molar-refractivity contribution in [2.75, 3.05) is 6.54 Å². The van der Waals surface area contributed by atoms with Gasteiger partial charge in [0, 0.05) is 4.47 Å². The molecular weight excluding hydrogens is 374 g/mol. The molecule has 1 aromatic carbocycles. The number of nitrogens with zero attached hydrogens (tertiary/aromatic N) is 1. The number of benzene rings is 1. The molecule has 1 heterocycles. The van der Waals surface area contributed by atoms with Gasteiger partial charge < -0.3 is 10.6 Å². The van der Waals surface area contributed by atoms with Crippen LogP contribution < -0.4 is 10.6 Å². The summed E-state index contributed by atoms with van der Waals surface area (Å²) in [4.78, 5) is 37.9. The van der Waals surface area contributed by atoms with Crippen LogP contribution in [0.25, 0.3) is 0 Å². The zero-order chi connectivity index (χ0) is 17.3. The Morgan fingerprint density at radius 2 is 1.92 bits per heavy atom. The third-order valence-electron chi connectivity index (χ3n) is 4.75. The van der Waals surface area contributed by atoms with Crippen molar-refractivity contribution in [2.24, 2.45) is 0 Å². The van der Waals surface area contributed by atoms with Crippen molar-refractivity contribution in [2.45, 2.75) is 44.2 Å². The lowest BCUT2D eigenvalue weighted by atomic mass is 9.98. The molecule has 2 fully saturated rings. The number of rotatable bonds is 4. The molecule has 2 aliphatic rings. The van der Waals surface area contributed by atoms with Gasteiger partial charge >= 0.3 is 6.03 Å². The fraction of sp³-hybridized carbons (Fsp3) is 0.471. The van der Waals surface area contributed by atoms with E-state index in [0.717, 1.165) is 27.8 Å². The molecule has 1 saturated heterocycles. The van der Waals surface area contributed by atoms with Gasteiger partial charge in [0.15, 0.2) is 0 Å². The summed E-state index contributed by atoms with van der Waals surface area (Å²) in [6.45, 7) is 1.62. The molecule has 2 N–H and O–H groups in total. The van der Waals surface area contributed by atoms with E-state index in [2.05, 4.69) is 26.6 Å². The van der Waals surface area contributed by atoms with Crippen molar-refractivity contribution in [3.8, 4) is 0 Å². The Morgan fingerprint density at radius 3 is 2.54 bits per heavy atom. The molecule has 7 heteroatoms. The lowest BCUT2D eigenvalue weighted by molar-refractivity contribution is -0.135. The number of urea groups is 1. The maximum atomic E-state index is 12.5. The third-order valence-corrected chi connectivity index (χ3v) is 5.28. The van der Waals surface area contributed by atoms with Crippen LogP contribution in [-0.2, 0) is 9.59 Å². The van der Waals surface area contributed by atoms with Gasteiger partial charge in [-0.3, -0.25) is 14.5 Å². The van der Waals surface area contributed by atoms with Crippen molar-refractivity contribution in [1.29, 1.82) is 0 Å². The number of imide groups is 1. The van der Waals surface area contributed by atoms with Crippen LogP contribution in [-0.4, -0.2) is 34.8 Å². The summed E-state index contributed by atoms with van der Waals surface area (Å²) in [6, 6.07) is 6.96. The molecule has 128 valence electrons. The largest absolute Gasteiger partial charge is 0.348 e. The lowest BCUT2D eigenvalue weighted by Crippen LogP contribution is -2.45. The van der Waals surface area contributed by atoms with Crippen LogP contribution in [0.1, 0.15) is 44.2 Å². The van der Waals surface area contributed by atoms with E-state index in [0.29, 0.717) is 12.8 Å². The number of carbonyl (C=O) groups is 3. The van der Waals surface area contributed by atoms with E-state index in [1.165, 1.54) is 0 Å². The number of hydrogen-bond acceptors (Lipinski definition) is 3. The topological polar surface area (TPSA) is 78.5 Å². The quantitative estimate of drug-likeness (QED) is 0.771. The van der Waals surface area contributed by atoms with Crippen molar-refractivity contribution >= 4 is 33.8 Å². The highest BCUT2D eigenvalue weighted by Gasteiger charge is 2.52. The lowest BCUT2D eigenvalue weighted by Gasteiger charge is -2.20. The highest BCUT2D eigenvalue weighted by molar-refractivity contribution is 9.10. The average Bonchev–Trinajstić information content (AvgIpc) is 3.09. The molecule has 1 aliphatic carbocycles. The van der Waals surface area contributed by atoms with Gasteiger partial charge in [-0.2, -0.15) is 0 Å². The Kier molecular flexibility index (Phi) is 4.62. The van der Waals surface area contributed by atoms with Gasteiger partial charge in [0.2, 0.25) is 5.91 Å². The molecule has 1 aromatic rings. The van der Waals surface area contributed by atoms with Crippen LogP contribution >= 0.6 is 15.9 Å². The molecule has 3 rings (SSSR count). The first-order chi connectivity index (χ1) is 11.4. The maximum absolute atomic E-state index is 12.5. The molecule has 4 amide bonds. The summed E-state index contributed by atoms with van der Waals surface area (Å²) >= 11 is 3.37. The second kappa shape index (κ2) is 6.55.